The second-order valence-corrected chi connectivity index (χ2v) is 6.99. The molecular formula is C18H33ClN2O5. The number of nitrogens with one attached hydrogen (secondary N) is 2. The molecule has 0 saturated heterocycles. The number of halogens is 1. The van der Waals surface area contributed by atoms with Gasteiger partial charge in [0, 0.05) is 31.0 Å². The van der Waals surface area contributed by atoms with E-state index in [-0.39, 0.29) is 17.9 Å². The van der Waals surface area contributed by atoms with Crippen molar-refractivity contribution in [3.63, 3.8) is 0 Å². The van der Waals surface area contributed by atoms with Crippen molar-refractivity contribution in [2.24, 2.45) is 5.92 Å². The third-order valence-corrected chi connectivity index (χ3v) is 4.78. The van der Waals surface area contributed by atoms with Gasteiger partial charge in [-0.25, -0.2) is 4.79 Å². The quantitative estimate of drug-likeness (QED) is 0.312. The summed E-state index contributed by atoms with van der Waals surface area (Å²) in [5.41, 5.74) is 0. The molecule has 0 heterocycles. The highest BCUT2D eigenvalue weighted by molar-refractivity contribution is 6.17. The van der Waals surface area contributed by atoms with Crippen molar-refractivity contribution < 1.29 is 24.2 Å². The molecule has 7 nitrogen and oxygen atoms in total. The maximum Gasteiger partial charge on any atom is 0.404 e. The van der Waals surface area contributed by atoms with Gasteiger partial charge in [0.15, 0.2) is 0 Å². The summed E-state index contributed by atoms with van der Waals surface area (Å²) < 4.78 is 10.9. The Hall–Kier alpha value is -1.05. The molecule has 8 heteroatoms. The number of ether oxygens (including phenoxy) is 2. The average molecular weight is 393 g/mol. The molecule has 0 aromatic carbocycles. The number of hydrogen-bond acceptors (Lipinski definition) is 4. The Morgan fingerprint density at radius 3 is 2.23 bits per heavy atom. The molecule has 1 rings (SSSR count). The molecule has 1 aliphatic rings. The standard InChI is InChI=1S/C18H33ClN2O5/c19-9-3-1-2-4-11-25-13-14-26-12-10-20-17(22)15-5-7-16(8-6-15)21-18(23)24/h15-16,21H,1-14H2,(H,20,22)(H,23,24). The van der Waals surface area contributed by atoms with Crippen LogP contribution in [0, 0.1) is 5.92 Å². The van der Waals surface area contributed by atoms with E-state index in [1.54, 1.807) is 0 Å². The molecule has 2 amide bonds. The molecule has 0 spiro atoms. The maximum atomic E-state index is 12.1. The van der Waals surface area contributed by atoms with Crippen LogP contribution in [0.15, 0.2) is 0 Å². The van der Waals surface area contributed by atoms with Crippen molar-refractivity contribution in [3.05, 3.63) is 0 Å². The third kappa shape index (κ3) is 11.5. The number of rotatable bonds is 14. The lowest BCUT2D eigenvalue weighted by Gasteiger charge is -2.27. The number of hydrogen-bond donors (Lipinski definition) is 3. The maximum absolute atomic E-state index is 12.1. The minimum absolute atomic E-state index is 0.0241. The van der Waals surface area contributed by atoms with Gasteiger partial charge < -0.3 is 25.2 Å². The zero-order valence-electron chi connectivity index (χ0n) is 15.5. The summed E-state index contributed by atoms with van der Waals surface area (Å²) in [5.74, 6) is 0.744. The van der Waals surface area contributed by atoms with E-state index in [0.29, 0.717) is 39.2 Å². The molecule has 0 aromatic heterocycles. The van der Waals surface area contributed by atoms with Crippen molar-refractivity contribution >= 4 is 23.6 Å². The van der Waals surface area contributed by atoms with E-state index in [4.69, 9.17) is 26.2 Å². The highest BCUT2D eigenvalue weighted by Crippen LogP contribution is 2.24. The van der Waals surface area contributed by atoms with Crippen molar-refractivity contribution in [1.29, 1.82) is 0 Å². The smallest absolute Gasteiger partial charge is 0.404 e. The third-order valence-electron chi connectivity index (χ3n) is 4.52. The van der Waals surface area contributed by atoms with Crippen LogP contribution in [0.5, 0.6) is 0 Å². The largest absolute Gasteiger partial charge is 0.465 e. The Labute approximate surface area is 161 Å². The second kappa shape index (κ2) is 15.1. The van der Waals surface area contributed by atoms with Gasteiger partial charge in [-0.05, 0) is 38.5 Å². The van der Waals surface area contributed by atoms with Gasteiger partial charge in [-0.2, -0.15) is 0 Å². The van der Waals surface area contributed by atoms with Gasteiger partial charge in [0.25, 0.3) is 0 Å². The number of amides is 2. The van der Waals surface area contributed by atoms with E-state index in [0.717, 1.165) is 51.0 Å². The number of carboxylic acid groups (broad SMARTS) is 1. The Morgan fingerprint density at radius 2 is 1.58 bits per heavy atom. The zero-order chi connectivity index (χ0) is 19.0. The van der Waals surface area contributed by atoms with Crippen LogP contribution in [0.3, 0.4) is 0 Å². The predicted octanol–water partition coefficient (Wildman–Crippen LogP) is 2.76. The van der Waals surface area contributed by atoms with Crippen LogP contribution in [0.4, 0.5) is 4.79 Å². The summed E-state index contributed by atoms with van der Waals surface area (Å²) in [6, 6.07) is -0.0276. The zero-order valence-corrected chi connectivity index (χ0v) is 16.3. The summed E-state index contributed by atoms with van der Waals surface area (Å²) in [6.07, 6.45) is 6.29. The van der Waals surface area contributed by atoms with Gasteiger partial charge >= 0.3 is 6.09 Å². The van der Waals surface area contributed by atoms with Gasteiger partial charge in [0.05, 0.1) is 19.8 Å². The van der Waals surface area contributed by atoms with Crippen molar-refractivity contribution in [3.8, 4) is 0 Å². The van der Waals surface area contributed by atoms with Gasteiger partial charge in [0.1, 0.15) is 0 Å². The number of carbonyl (C=O) groups is 2. The van der Waals surface area contributed by atoms with Crippen molar-refractivity contribution in [1.82, 2.24) is 10.6 Å². The SMILES string of the molecule is O=C(O)NC1CCC(C(=O)NCCOCCOCCCCCCCl)CC1. The van der Waals surface area contributed by atoms with Crippen LogP contribution in [0.1, 0.15) is 51.4 Å². The highest BCUT2D eigenvalue weighted by Gasteiger charge is 2.26. The molecule has 1 aliphatic carbocycles. The first kappa shape index (κ1) is 23.0. The summed E-state index contributed by atoms with van der Waals surface area (Å²) in [5, 5.41) is 14.1. The van der Waals surface area contributed by atoms with Crippen LogP contribution < -0.4 is 10.6 Å². The fourth-order valence-corrected chi connectivity index (χ4v) is 3.23. The van der Waals surface area contributed by atoms with Crippen molar-refractivity contribution in [2.45, 2.75) is 57.4 Å². The summed E-state index contributed by atoms with van der Waals surface area (Å²) in [7, 11) is 0. The minimum Gasteiger partial charge on any atom is -0.465 e. The molecule has 3 N–H and O–H groups in total. The highest BCUT2D eigenvalue weighted by atomic mass is 35.5. The normalized spacial score (nSPS) is 19.9. The molecule has 1 saturated carbocycles. The van der Waals surface area contributed by atoms with E-state index >= 15 is 0 Å². The average Bonchev–Trinajstić information content (AvgIpc) is 2.62. The Kier molecular flexibility index (Phi) is 13.3. The lowest BCUT2D eigenvalue weighted by Crippen LogP contribution is -2.40. The van der Waals surface area contributed by atoms with Crippen LogP contribution in [-0.2, 0) is 14.3 Å². The molecule has 0 bridgehead atoms. The first-order valence-corrected chi connectivity index (χ1v) is 10.2. The molecule has 1 fully saturated rings. The monoisotopic (exact) mass is 392 g/mol. The molecule has 0 aromatic rings. The van der Waals surface area contributed by atoms with Crippen LogP contribution in [0.2, 0.25) is 0 Å². The van der Waals surface area contributed by atoms with Crippen LogP contribution in [-0.4, -0.2) is 62.0 Å². The fraction of sp³-hybridized carbons (Fsp3) is 0.889. The van der Waals surface area contributed by atoms with Gasteiger partial charge in [-0.15, -0.1) is 11.6 Å². The summed E-state index contributed by atoms with van der Waals surface area (Å²) >= 11 is 5.61. The first-order valence-electron chi connectivity index (χ1n) is 9.62. The molecule has 0 unspecified atom stereocenters. The molecule has 152 valence electrons. The van der Waals surface area contributed by atoms with Crippen molar-refractivity contribution in [2.75, 3.05) is 38.9 Å². The second-order valence-electron chi connectivity index (χ2n) is 6.62. The van der Waals surface area contributed by atoms with Crippen LogP contribution >= 0.6 is 11.6 Å². The van der Waals surface area contributed by atoms with Crippen LogP contribution in [0.25, 0.3) is 0 Å². The fourth-order valence-electron chi connectivity index (χ4n) is 3.04. The molecule has 0 aliphatic heterocycles. The molecule has 0 atom stereocenters. The lowest BCUT2D eigenvalue weighted by atomic mass is 9.85. The Morgan fingerprint density at radius 1 is 0.923 bits per heavy atom. The van der Waals surface area contributed by atoms with E-state index in [2.05, 4.69) is 10.6 Å². The predicted molar refractivity (Wildman–Crippen MR) is 101 cm³/mol. The first-order chi connectivity index (χ1) is 12.6. The van der Waals surface area contributed by atoms with E-state index < -0.39 is 6.09 Å². The summed E-state index contributed by atoms with van der Waals surface area (Å²) in [4.78, 5) is 22.7. The molecule has 0 radical (unpaired) electrons. The lowest BCUT2D eigenvalue weighted by molar-refractivity contribution is -0.126. The van der Waals surface area contributed by atoms with Gasteiger partial charge in [0.2, 0.25) is 5.91 Å². The van der Waals surface area contributed by atoms with Gasteiger partial charge in [-0.1, -0.05) is 12.8 Å². The van der Waals surface area contributed by atoms with Gasteiger partial charge in [-0.3, -0.25) is 4.79 Å². The number of alkyl halides is 1. The molecule has 26 heavy (non-hydrogen) atoms. The Balaban J connectivity index is 1.89. The topological polar surface area (TPSA) is 96.9 Å². The number of unbranched alkanes of at least 4 members (excludes halogenated alkanes) is 3. The number of carbonyl (C=O) groups excluding carboxylic acids is 1. The summed E-state index contributed by atoms with van der Waals surface area (Å²) in [6.45, 7) is 2.82. The molecular weight excluding hydrogens is 360 g/mol. The Bertz CT molecular complexity index is 390. The minimum atomic E-state index is -0.995. The van der Waals surface area contributed by atoms with E-state index in [9.17, 15) is 9.59 Å². The van der Waals surface area contributed by atoms with E-state index in [1.807, 2.05) is 0 Å². The van der Waals surface area contributed by atoms with E-state index in [1.165, 1.54) is 0 Å².